The average molecular weight is 284 g/mol. The SMILES string of the molecule is CN(CCCOc1cccc(C#N)c1)Cc1nccn1C. The van der Waals surface area contributed by atoms with E-state index in [0.717, 1.165) is 31.1 Å². The van der Waals surface area contributed by atoms with E-state index in [4.69, 9.17) is 10.00 Å². The first-order valence-electron chi connectivity index (χ1n) is 6.97. The minimum Gasteiger partial charge on any atom is -0.494 e. The van der Waals surface area contributed by atoms with Crippen LogP contribution < -0.4 is 4.74 Å². The van der Waals surface area contributed by atoms with Gasteiger partial charge in [-0.1, -0.05) is 6.07 Å². The van der Waals surface area contributed by atoms with Crippen molar-refractivity contribution in [1.29, 1.82) is 5.26 Å². The van der Waals surface area contributed by atoms with E-state index >= 15 is 0 Å². The van der Waals surface area contributed by atoms with Crippen LogP contribution in [0.2, 0.25) is 0 Å². The van der Waals surface area contributed by atoms with Gasteiger partial charge in [0.1, 0.15) is 11.6 Å². The molecule has 0 spiro atoms. The molecule has 0 atom stereocenters. The Bertz CT molecular complexity index is 615. The lowest BCUT2D eigenvalue weighted by Gasteiger charge is -2.16. The number of rotatable bonds is 7. The summed E-state index contributed by atoms with van der Waals surface area (Å²) in [4.78, 5) is 6.53. The number of aromatic nitrogens is 2. The minimum atomic E-state index is 0.624. The fourth-order valence-electron chi connectivity index (χ4n) is 2.05. The van der Waals surface area contributed by atoms with Crippen molar-refractivity contribution in [3.8, 4) is 11.8 Å². The molecule has 110 valence electrons. The third-order valence-electron chi connectivity index (χ3n) is 3.25. The van der Waals surface area contributed by atoms with Gasteiger partial charge >= 0.3 is 0 Å². The number of benzene rings is 1. The van der Waals surface area contributed by atoms with Gasteiger partial charge < -0.3 is 9.30 Å². The Morgan fingerprint density at radius 1 is 1.43 bits per heavy atom. The molecule has 0 aliphatic carbocycles. The first-order chi connectivity index (χ1) is 10.2. The number of nitriles is 1. The van der Waals surface area contributed by atoms with Crippen LogP contribution in [0.15, 0.2) is 36.7 Å². The standard InChI is InChI=1S/C16H20N4O/c1-19(13-16-18-7-9-20(16)2)8-4-10-21-15-6-3-5-14(11-15)12-17/h3,5-7,9,11H,4,8,10,13H2,1-2H3. The molecule has 1 aromatic carbocycles. The molecule has 2 rings (SSSR count). The predicted molar refractivity (Wildman–Crippen MR) is 80.8 cm³/mol. The van der Waals surface area contributed by atoms with Gasteiger partial charge in [-0.3, -0.25) is 4.90 Å². The second-order valence-corrected chi connectivity index (χ2v) is 5.03. The summed E-state index contributed by atoms with van der Waals surface area (Å²) in [7, 11) is 4.08. The van der Waals surface area contributed by atoms with Gasteiger partial charge in [0.05, 0.1) is 24.8 Å². The molecule has 0 N–H and O–H groups in total. The van der Waals surface area contributed by atoms with E-state index < -0.39 is 0 Å². The van der Waals surface area contributed by atoms with Gasteiger partial charge in [0.25, 0.3) is 0 Å². The second-order valence-electron chi connectivity index (χ2n) is 5.03. The lowest BCUT2D eigenvalue weighted by atomic mass is 10.2. The third kappa shape index (κ3) is 4.62. The fourth-order valence-corrected chi connectivity index (χ4v) is 2.05. The number of imidazole rings is 1. The molecule has 0 aliphatic heterocycles. The van der Waals surface area contributed by atoms with Gasteiger partial charge in [-0.25, -0.2) is 4.98 Å². The summed E-state index contributed by atoms with van der Waals surface area (Å²) in [6.07, 6.45) is 4.70. The minimum absolute atomic E-state index is 0.624. The van der Waals surface area contributed by atoms with Crippen LogP contribution in [0.4, 0.5) is 0 Å². The van der Waals surface area contributed by atoms with Gasteiger partial charge in [0, 0.05) is 26.0 Å². The Hall–Kier alpha value is -2.32. The van der Waals surface area contributed by atoms with Gasteiger partial charge in [-0.05, 0) is 31.7 Å². The highest BCUT2D eigenvalue weighted by molar-refractivity contribution is 5.36. The molecule has 0 saturated carbocycles. The highest BCUT2D eigenvalue weighted by atomic mass is 16.5. The zero-order chi connectivity index (χ0) is 15.1. The zero-order valence-electron chi connectivity index (χ0n) is 12.5. The first-order valence-corrected chi connectivity index (χ1v) is 6.97. The maximum absolute atomic E-state index is 8.83. The van der Waals surface area contributed by atoms with E-state index in [0.29, 0.717) is 12.2 Å². The van der Waals surface area contributed by atoms with E-state index in [1.807, 2.05) is 36.1 Å². The van der Waals surface area contributed by atoms with Crippen LogP contribution in [-0.2, 0) is 13.6 Å². The molecule has 5 nitrogen and oxygen atoms in total. The van der Waals surface area contributed by atoms with Crippen molar-refractivity contribution in [2.45, 2.75) is 13.0 Å². The Kier molecular flexibility index (Phi) is 5.35. The van der Waals surface area contributed by atoms with Crippen LogP contribution in [0.3, 0.4) is 0 Å². The number of hydrogen-bond donors (Lipinski definition) is 0. The molecule has 21 heavy (non-hydrogen) atoms. The maximum atomic E-state index is 8.83. The molecule has 0 bridgehead atoms. The van der Waals surface area contributed by atoms with Gasteiger partial charge in [0.2, 0.25) is 0 Å². The van der Waals surface area contributed by atoms with Gasteiger partial charge in [-0.2, -0.15) is 5.26 Å². The molecular weight excluding hydrogens is 264 g/mol. The zero-order valence-corrected chi connectivity index (χ0v) is 12.5. The molecule has 1 aromatic heterocycles. The van der Waals surface area contributed by atoms with Crippen LogP contribution in [0.5, 0.6) is 5.75 Å². The quantitative estimate of drug-likeness (QED) is 0.731. The summed E-state index contributed by atoms with van der Waals surface area (Å²) in [5.41, 5.74) is 0.624. The Morgan fingerprint density at radius 2 is 2.29 bits per heavy atom. The molecule has 0 saturated heterocycles. The number of aryl methyl sites for hydroxylation is 1. The van der Waals surface area contributed by atoms with Crippen LogP contribution in [-0.4, -0.2) is 34.7 Å². The second kappa shape index (κ2) is 7.46. The Morgan fingerprint density at radius 3 is 3.00 bits per heavy atom. The molecule has 0 radical (unpaired) electrons. The molecule has 2 aromatic rings. The van der Waals surface area contributed by atoms with Crippen molar-refractivity contribution in [2.75, 3.05) is 20.2 Å². The van der Waals surface area contributed by atoms with E-state index in [1.54, 1.807) is 12.1 Å². The fraction of sp³-hybridized carbons (Fsp3) is 0.375. The lowest BCUT2D eigenvalue weighted by molar-refractivity contribution is 0.254. The van der Waals surface area contributed by atoms with Gasteiger partial charge in [-0.15, -0.1) is 0 Å². The summed E-state index contributed by atoms with van der Waals surface area (Å²) in [5.74, 6) is 1.81. The molecule has 0 amide bonds. The van der Waals surface area contributed by atoms with Crippen molar-refractivity contribution in [3.05, 3.63) is 48.0 Å². The topological polar surface area (TPSA) is 54.1 Å². The highest BCUT2D eigenvalue weighted by Crippen LogP contribution is 2.12. The number of ether oxygens (including phenoxy) is 1. The van der Waals surface area contributed by atoms with Crippen molar-refractivity contribution >= 4 is 0 Å². The van der Waals surface area contributed by atoms with Crippen LogP contribution in [0, 0.1) is 11.3 Å². The van der Waals surface area contributed by atoms with E-state index in [-0.39, 0.29) is 0 Å². The Labute approximate surface area is 125 Å². The summed E-state index contributed by atoms with van der Waals surface area (Å²) < 4.78 is 7.69. The third-order valence-corrected chi connectivity index (χ3v) is 3.25. The molecule has 5 heteroatoms. The maximum Gasteiger partial charge on any atom is 0.122 e. The van der Waals surface area contributed by atoms with Crippen LogP contribution >= 0.6 is 0 Å². The molecular formula is C16H20N4O. The monoisotopic (exact) mass is 284 g/mol. The summed E-state index contributed by atoms with van der Waals surface area (Å²) >= 11 is 0. The molecule has 0 unspecified atom stereocenters. The van der Waals surface area contributed by atoms with Crippen LogP contribution in [0.25, 0.3) is 0 Å². The molecule has 0 aliphatic rings. The first kappa shape index (κ1) is 15.1. The normalized spacial score (nSPS) is 10.6. The number of hydrogen-bond acceptors (Lipinski definition) is 4. The van der Waals surface area contributed by atoms with Crippen LogP contribution in [0.1, 0.15) is 17.8 Å². The van der Waals surface area contributed by atoms with Crippen molar-refractivity contribution in [2.24, 2.45) is 7.05 Å². The summed E-state index contributed by atoms with van der Waals surface area (Å²) in [5, 5.41) is 8.83. The lowest BCUT2D eigenvalue weighted by Crippen LogP contribution is -2.22. The van der Waals surface area contributed by atoms with E-state index in [1.165, 1.54) is 0 Å². The van der Waals surface area contributed by atoms with Crippen molar-refractivity contribution in [1.82, 2.24) is 14.5 Å². The summed E-state index contributed by atoms with van der Waals surface area (Å²) in [6.45, 7) is 2.40. The average Bonchev–Trinajstić information content (AvgIpc) is 2.89. The van der Waals surface area contributed by atoms with E-state index in [9.17, 15) is 0 Å². The van der Waals surface area contributed by atoms with E-state index in [2.05, 4.69) is 23.0 Å². The van der Waals surface area contributed by atoms with Crippen molar-refractivity contribution in [3.63, 3.8) is 0 Å². The van der Waals surface area contributed by atoms with Gasteiger partial charge in [0.15, 0.2) is 0 Å². The summed E-state index contributed by atoms with van der Waals surface area (Å²) in [6, 6.07) is 9.35. The highest BCUT2D eigenvalue weighted by Gasteiger charge is 2.04. The van der Waals surface area contributed by atoms with Crippen molar-refractivity contribution < 1.29 is 4.74 Å². The smallest absolute Gasteiger partial charge is 0.122 e. The molecule has 0 fully saturated rings. The molecule has 1 heterocycles. The predicted octanol–water partition coefficient (Wildman–Crippen LogP) is 2.19. The largest absolute Gasteiger partial charge is 0.494 e. The number of nitrogens with zero attached hydrogens (tertiary/aromatic N) is 4. The Balaban J connectivity index is 1.69.